The molecule has 1 aliphatic heterocycles. The molecule has 0 N–H and O–H groups in total. The van der Waals surface area contributed by atoms with Gasteiger partial charge >= 0.3 is 0 Å². The quantitative estimate of drug-likeness (QED) is 0.562. The normalized spacial score (nSPS) is 21.0. The molecule has 2 rings (SSSR count). The first-order chi connectivity index (χ1) is 10.00. The average molecular weight is 333 g/mol. The van der Waals surface area contributed by atoms with E-state index in [-0.39, 0.29) is 17.5 Å². The number of rotatable bonds is 7. The van der Waals surface area contributed by atoms with Crippen molar-refractivity contribution in [3.8, 4) is 0 Å². The molecule has 0 bridgehead atoms. The molecule has 0 amide bonds. The number of aromatic nitrogens is 1. The summed E-state index contributed by atoms with van der Waals surface area (Å²) < 4.78 is 28.5. The van der Waals surface area contributed by atoms with Gasteiger partial charge in [0.1, 0.15) is 5.15 Å². The Labute approximate surface area is 131 Å². The third-order valence-corrected chi connectivity index (χ3v) is 5.62. The number of sulfone groups is 1. The molecule has 7 heteroatoms. The van der Waals surface area contributed by atoms with Crippen LogP contribution in [0.15, 0.2) is 18.2 Å². The molecule has 1 fully saturated rings. The van der Waals surface area contributed by atoms with E-state index >= 15 is 0 Å². The number of pyridine rings is 1. The summed E-state index contributed by atoms with van der Waals surface area (Å²) >= 11 is 5.91. The molecule has 1 aromatic rings. The van der Waals surface area contributed by atoms with Crippen LogP contribution in [-0.4, -0.2) is 56.1 Å². The molecule has 1 saturated heterocycles. The first-order valence-electron chi connectivity index (χ1n) is 7.05. The van der Waals surface area contributed by atoms with Gasteiger partial charge in [0, 0.05) is 32.8 Å². The predicted molar refractivity (Wildman–Crippen MR) is 83.2 cm³/mol. The van der Waals surface area contributed by atoms with Crippen molar-refractivity contribution >= 4 is 21.4 Å². The molecule has 0 unspecified atom stereocenters. The van der Waals surface area contributed by atoms with Gasteiger partial charge in [-0.3, -0.25) is 4.90 Å². The number of nitrogens with zero attached hydrogens (tertiary/aromatic N) is 2. The largest absolute Gasteiger partial charge is 0.385 e. The number of hydrogen-bond donors (Lipinski definition) is 0. The van der Waals surface area contributed by atoms with Crippen LogP contribution in [0, 0.1) is 0 Å². The minimum atomic E-state index is -2.89. The van der Waals surface area contributed by atoms with E-state index in [2.05, 4.69) is 9.88 Å². The van der Waals surface area contributed by atoms with Crippen LogP contribution in [0.25, 0.3) is 0 Å². The van der Waals surface area contributed by atoms with Gasteiger partial charge in [0.15, 0.2) is 9.84 Å². The molecule has 0 spiro atoms. The molecule has 1 atom stereocenters. The Morgan fingerprint density at radius 3 is 2.90 bits per heavy atom. The molecular weight excluding hydrogens is 312 g/mol. The Morgan fingerprint density at radius 2 is 2.29 bits per heavy atom. The molecule has 0 radical (unpaired) electrons. The second kappa shape index (κ2) is 7.54. The number of halogens is 1. The Balaban J connectivity index is 2.05. The van der Waals surface area contributed by atoms with E-state index in [9.17, 15) is 8.42 Å². The monoisotopic (exact) mass is 332 g/mol. The van der Waals surface area contributed by atoms with Crippen molar-refractivity contribution in [2.75, 3.05) is 31.8 Å². The van der Waals surface area contributed by atoms with Crippen LogP contribution in [0.1, 0.15) is 18.5 Å². The van der Waals surface area contributed by atoms with Gasteiger partial charge < -0.3 is 4.74 Å². The van der Waals surface area contributed by atoms with Crippen LogP contribution >= 0.6 is 11.6 Å². The highest BCUT2D eigenvalue weighted by atomic mass is 35.5. The molecule has 0 aliphatic carbocycles. The first-order valence-corrected chi connectivity index (χ1v) is 9.25. The van der Waals surface area contributed by atoms with Crippen LogP contribution in [0.4, 0.5) is 0 Å². The molecule has 5 nitrogen and oxygen atoms in total. The molecule has 1 aliphatic rings. The Kier molecular flexibility index (Phi) is 5.98. The van der Waals surface area contributed by atoms with Crippen molar-refractivity contribution in [2.24, 2.45) is 0 Å². The highest BCUT2D eigenvalue weighted by Crippen LogP contribution is 2.20. The molecule has 1 aromatic heterocycles. The Morgan fingerprint density at radius 1 is 1.48 bits per heavy atom. The van der Waals surface area contributed by atoms with Gasteiger partial charge in [0.05, 0.1) is 17.2 Å². The predicted octanol–water partition coefficient (Wildman–Crippen LogP) is 1.76. The second-order valence-corrected chi connectivity index (χ2v) is 7.94. The van der Waals surface area contributed by atoms with Crippen molar-refractivity contribution in [3.05, 3.63) is 29.0 Å². The van der Waals surface area contributed by atoms with Crippen molar-refractivity contribution < 1.29 is 13.2 Å². The highest BCUT2D eigenvalue weighted by Gasteiger charge is 2.32. The van der Waals surface area contributed by atoms with Crippen molar-refractivity contribution in [2.45, 2.75) is 25.4 Å². The zero-order valence-electron chi connectivity index (χ0n) is 12.2. The molecule has 0 aromatic carbocycles. The molecule has 0 saturated carbocycles. The summed E-state index contributed by atoms with van der Waals surface area (Å²) in [6, 6.07) is 5.58. The fourth-order valence-electron chi connectivity index (χ4n) is 2.61. The summed E-state index contributed by atoms with van der Waals surface area (Å²) in [7, 11) is -1.22. The average Bonchev–Trinajstić information content (AvgIpc) is 2.78. The fraction of sp³-hybridized carbons (Fsp3) is 0.643. The Hall–Kier alpha value is -0.690. The first kappa shape index (κ1) is 16.7. The van der Waals surface area contributed by atoms with Crippen LogP contribution < -0.4 is 0 Å². The topological polar surface area (TPSA) is 59.5 Å². The van der Waals surface area contributed by atoms with Gasteiger partial charge in [-0.2, -0.15) is 0 Å². The summed E-state index contributed by atoms with van der Waals surface area (Å²) in [6.07, 6.45) is 1.56. The molecular formula is C14H21ClN2O3S. The van der Waals surface area contributed by atoms with E-state index in [1.807, 2.05) is 12.1 Å². The highest BCUT2D eigenvalue weighted by molar-refractivity contribution is 7.91. The zero-order chi connectivity index (χ0) is 15.3. The van der Waals surface area contributed by atoms with Crippen molar-refractivity contribution in [1.29, 1.82) is 0 Å². The zero-order valence-corrected chi connectivity index (χ0v) is 13.7. The van der Waals surface area contributed by atoms with Gasteiger partial charge in [0.2, 0.25) is 0 Å². The van der Waals surface area contributed by atoms with E-state index in [1.54, 1.807) is 13.2 Å². The maximum absolute atomic E-state index is 11.7. The van der Waals surface area contributed by atoms with Crippen molar-refractivity contribution in [3.63, 3.8) is 0 Å². The summed E-state index contributed by atoms with van der Waals surface area (Å²) in [5.74, 6) is 0.516. The van der Waals surface area contributed by atoms with Crippen LogP contribution in [-0.2, 0) is 21.1 Å². The van der Waals surface area contributed by atoms with Gasteiger partial charge in [0.25, 0.3) is 0 Å². The lowest BCUT2D eigenvalue weighted by molar-refractivity contribution is 0.149. The lowest BCUT2D eigenvalue weighted by atomic mass is 10.2. The number of ether oxygens (including phenoxy) is 1. The van der Waals surface area contributed by atoms with Crippen LogP contribution in [0.2, 0.25) is 5.15 Å². The van der Waals surface area contributed by atoms with Gasteiger partial charge in [-0.15, -0.1) is 0 Å². The number of methoxy groups -OCH3 is 1. The summed E-state index contributed by atoms with van der Waals surface area (Å²) in [4.78, 5) is 6.47. The van der Waals surface area contributed by atoms with Crippen LogP contribution in [0.5, 0.6) is 0 Å². The molecule has 118 valence electrons. The molecule has 2 heterocycles. The van der Waals surface area contributed by atoms with E-state index in [0.717, 1.165) is 18.7 Å². The number of hydrogen-bond acceptors (Lipinski definition) is 5. The Bertz CT molecular complexity index is 565. The summed E-state index contributed by atoms with van der Waals surface area (Å²) in [5.41, 5.74) is 0.865. The van der Waals surface area contributed by atoms with E-state index in [0.29, 0.717) is 24.7 Å². The fourth-order valence-corrected chi connectivity index (χ4v) is 4.56. The minimum absolute atomic E-state index is 0.0626. The maximum atomic E-state index is 11.7. The smallest absolute Gasteiger partial charge is 0.151 e. The SMILES string of the molecule is COCCCN(Cc1cccc(Cl)n1)[C@@H]1CCS(=O)(=O)C1. The summed E-state index contributed by atoms with van der Waals surface area (Å²) in [5, 5.41) is 0.461. The summed E-state index contributed by atoms with van der Waals surface area (Å²) in [6.45, 7) is 2.08. The van der Waals surface area contributed by atoms with Crippen LogP contribution in [0.3, 0.4) is 0 Å². The third kappa shape index (κ3) is 5.21. The second-order valence-electron chi connectivity index (χ2n) is 5.33. The maximum Gasteiger partial charge on any atom is 0.151 e. The van der Waals surface area contributed by atoms with E-state index in [4.69, 9.17) is 16.3 Å². The minimum Gasteiger partial charge on any atom is -0.385 e. The van der Waals surface area contributed by atoms with Gasteiger partial charge in [-0.25, -0.2) is 13.4 Å². The van der Waals surface area contributed by atoms with Gasteiger partial charge in [-0.1, -0.05) is 17.7 Å². The van der Waals surface area contributed by atoms with E-state index < -0.39 is 9.84 Å². The third-order valence-electron chi connectivity index (χ3n) is 3.66. The lowest BCUT2D eigenvalue weighted by Crippen LogP contribution is -2.37. The van der Waals surface area contributed by atoms with Crippen molar-refractivity contribution in [1.82, 2.24) is 9.88 Å². The van der Waals surface area contributed by atoms with E-state index in [1.165, 1.54) is 0 Å². The standard InChI is InChI=1S/C14H21ClN2O3S/c1-20-8-3-7-17(13-6-9-21(18,19)11-13)10-12-4-2-5-14(15)16-12/h2,4-5,13H,3,6-11H2,1H3/t13-/m1/s1. The lowest BCUT2D eigenvalue weighted by Gasteiger charge is -2.27. The van der Waals surface area contributed by atoms with Gasteiger partial charge in [-0.05, 0) is 25.0 Å². The molecule has 21 heavy (non-hydrogen) atoms.